The average Bonchev–Trinajstić information content (AvgIpc) is 2.69. The maximum absolute atomic E-state index is 9.63. The molecule has 0 saturated heterocycles. The Hall–Kier alpha value is -1.71. The minimum absolute atomic E-state index is 0.509. The summed E-state index contributed by atoms with van der Waals surface area (Å²) >= 11 is 6.39. The number of anilines is 1. The van der Waals surface area contributed by atoms with Gasteiger partial charge in [0.25, 0.3) is 0 Å². The van der Waals surface area contributed by atoms with Gasteiger partial charge in [0.2, 0.25) is 0 Å². The highest BCUT2D eigenvalue weighted by Gasteiger charge is 2.17. The molecule has 21 heavy (non-hydrogen) atoms. The Kier molecular flexibility index (Phi) is 4.04. The highest BCUT2D eigenvalue weighted by Crippen LogP contribution is 2.32. The molecule has 0 saturated carbocycles. The minimum atomic E-state index is -0.509. The molecule has 3 rings (SSSR count). The third-order valence-electron chi connectivity index (χ3n) is 3.75. The molecule has 1 aliphatic rings. The summed E-state index contributed by atoms with van der Waals surface area (Å²) in [6, 6.07) is 13.8. The molecule has 4 heteroatoms. The van der Waals surface area contributed by atoms with Crippen LogP contribution in [-0.2, 0) is 6.54 Å². The van der Waals surface area contributed by atoms with E-state index < -0.39 is 6.10 Å². The van der Waals surface area contributed by atoms with Gasteiger partial charge in [-0.3, -0.25) is 0 Å². The van der Waals surface area contributed by atoms with Gasteiger partial charge >= 0.3 is 0 Å². The van der Waals surface area contributed by atoms with Crippen molar-refractivity contribution in [1.29, 1.82) is 0 Å². The highest BCUT2D eigenvalue weighted by molar-refractivity contribution is 6.33. The van der Waals surface area contributed by atoms with Crippen molar-refractivity contribution in [2.45, 2.75) is 19.6 Å². The first-order chi connectivity index (χ1) is 10.1. The van der Waals surface area contributed by atoms with Crippen LogP contribution in [0.2, 0.25) is 5.02 Å². The second-order valence-electron chi connectivity index (χ2n) is 5.26. The van der Waals surface area contributed by atoms with Crippen molar-refractivity contribution < 1.29 is 9.84 Å². The molecular formula is C17H18ClNO2. The Balaban J connectivity index is 1.91. The van der Waals surface area contributed by atoms with Crippen molar-refractivity contribution in [3.63, 3.8) is 0 Å². The lowest BCUT2D eigenvalue weighted by molar-refractivity contribution is 0.199. The van der Waals surface area contributed by atoms with Gasteiger partial charge in [-0.1, -0.05) is 35.9 Å². The molecule has 0 amide bonds. The van der Waals surface area contributed by atoms with Crippen LogP contribution in [0.5, 0.6) is 5.75 Å². The van der Waals surface area contributed by atoms with Crippen LogP contribution in [-0.4, -0.2) is 18.3 Å². The maximum Gasteiger partial charge on any atom is 0.124 e. The van der Waals surface area contributed by atoms with Crippen LogP contribution in [0.1, 0.15) is 24.2 Å². The predicted molar refractivity (Wildman–Crippen MR) is 85.1 cm³/mol. The van der Waals surface area contributed by atoms with E-state index in [1.165, 1.54) is 0 Å². The fraction of sp³-hybridized carbons (Fsp3) is 0.294. The highest BCUT2D eigenvalue weighted by atomic mass is 35.5. The van der Waals surface area contributed by atoms with Crippen molar-refractivity contribution in [3.05, 3.63) is 58.6 Å². The zero-order valence-corrected chi connectivity index (χ0v) is 12.7. The van der Waals surface area contributed by atoms with Crippen LogP contribution in [0.3, 0.4) is 0 Å². The number of hydrogen-bond donors (Lipinski definition) is 1. The Morgan fingerprint density at radius 2 is 2.05 bits per heavy atom. The summed E-state index contributed by atoms with van der Waals surface area (Å²) in [6.07, 6.45) is -0.509. The summed E-state index contributed by atoms with van der Waals surface area (Å²) < 4.78 is 5.78. The fourth-order valence-corrected chi connectivity index (χ4v) is 2.88. The monoisotopic (exact) mass is 303 g/mol. The number of aliphatic hydroxyl groups excluding tert-OH is 1. The Morgan fingerprint density at radius 1 is 1.24 bits per heavy atom. The van der Waals surface area contributed by atoms with E-state index in [0.29, 0.717) is 11.6 Å². The molecule has 1 N–H and O–H groups in total. The standard InChI is InChI=1S/C17H18ClNO2/c1-12(20)13-6-7-16(15(18)10-13)19-8-9-21-17-5-3-2-4-14(17)11-19/h2-7,10,12,20H,8-9,11H2,1H3/t12-/m1/s1. The lowest BCUT2D eigenvalue weighted by Gasteiger charge is -2.24. The zero-order chi connectivity index (χ0) is 14.8. The number of ether oxygens (including phenoxy) is 1. The molecule has 1 heterocycles. The molecule has 110 valence electrons. The molecule has 3 nitrogen and oxygen atoms in total. The van der Waals surface area contributed by atoms with E-state index in [1.807, 2.05) is 36.4 Å². The van der Waals surface area contributed by atoms with Crippen molar-refractivity contribution in [1.82, 2.24) is 0 Å². The third-order valence-corrected chi connectivity index (χ3v) is 4.05. The number of para-hydroxylation sites is 1. The molecule has 0 spiro atoms. The van der Waals surface area contributed by atoms with Gasteiger partial charge in [0.05, 0.1) is 23.4 Å². The van der Waals surface area contributed by atoms with Crippen LogP contribution in [0.25, 0.3) is 0 Å². The van der Waals surface area contributed by atoms with E-state index in [1.54, 1.807) is 6.92 Å². The zero-order valence-electron chi connectivity index (χ0n) is 11.9. The number of nitrogens with zero attached hydrogens (tertiary/aromatic N) is 1. The van der Waals surface area contributed by atoms with Crippen molar-refractivity contribution in [2.24, 2.45) is 0 Å². The SMILES string of the molecule is C[C@@H](O)c1ccc(N2CCOc3ccccc3C2)c(Cl)c1. The first-order valence-corrected chi connectivity index (χ1v) is 7.46. The van der Waals surface area contributed by atoms with Crippen molar-refractivity contribution in [2.75, 3.05) is 18.1 Å². The molecule has 0 unspecified atom stereocenters. The smallest absolute Gasteiger partial charge is 0.124 e. The fourth-order valence-electron chi connectivity index (χ4n) is 2.57. The van der Waals surface area contributed by atoms with Gasteiger partial charge in [0.15, 0.2) is 0 Å². The van der Waals surface area contributed by atoms with Gasteiger partial charge in [-0.15, -0.1) is 0 Å². The van der Waals surface area contributed by atoms with Gasteiger partial charge in [-0.2, -0.15) is 0 Å². The number of halogens is 1. The number of benzene rings is 2. The molecule has 0 aliphatic carbocycles. The third kappa shape index (κ3) is 2.99. The molecule has 0 fully saturated rings. The molecule has 2 aromatic rings. The second-order valence-corrected chi connectivity index (χ2v) is 5.67. The summed E-state index contributed by atoms with van der Waals surface area (Å²) in [5, 5.41) is 10.3. The Labute approximate surface area is 129 Å². The molecule has 2 aromatic carbocycles. The normalized spacial score (nSPS) is 15.9. The van der Waals surface area contributed by atoms with Gasteiger partial charge < -0.3 is 14.7 Å². The van der Waals surface area contributed by atoms with E-state index >= 15 is 0 Å². The van der Waals surface area contributed by atoms with E-state index in [-0.39, 0.29) is 0 Å². The largest absolute Gasteiger partial charge is 0.491 e. The average molecular weight is 304 g/mol. The lowest BCUT2D eigenvalue weighted by atomic mass is 10.1. The van der Waals surface area contributed by atoms with E-state index in [2.05, 4.69) is 11.0 Å². The predicted octanol–water partition coefficient (Wildman–Crippen LogP) is 3.79. The summed E-state index contributed by atoms with van der Waals surface area (Å²) in [5.74, 6) is 0.941. The van der Waals surface area contributed by atoms with E-state index in [0.717, 1.165) is 35.7 Å². The first-order valence-electron chi connectivity index (χ1n) is 7.08. The maximum atomic E-state index is 9.63. The van der Waals surface area contributed by atoms with Crippen LogP contribution in [0, 0.1) is 0 Å². The lowest BCUT2D eigenvalue weighted by Crippen LogP contribution is -2.25. The Morgan fingerprint density at radius 3 is 2.81 bits per heavy atom. The van der Waals surface area contributed by atoms with Gasteiger partial charge in [0, 0.05) is 12.1 Å². The van der Waals surface area contributed by atoms with Gasteiger partial charge in [-0.05, 0) is 30.7 Å². The second kappa shape index (κ2) is 5.96. The molecule has 1 atom stereocenters. The quantitative estimate of drug-likeness (QED) is 0.916. The minimum Gasteiger partial charge on any atom is -0.491 e. The number of hydrogen-bond acceptors (Lipinski definition) is 3. The van der Waals surface area contributed by atoms with E-state index in [9.17, 15) is 5.11 Å². The summed E-state index contributed by atoms with van der Waals surface area (Å²) in [7, 11) is 0. The molecule has 0 bridgehead atoms. The molecule has 1 aliphatic heterocycles. The van der Waals surface area contributed by atoms with Crippen molar-refractivity contribution in [3.8, 4) is 5.75 Å². The topological polar surface area (TPSA) is 32.7 Å². The van der Waals surface area contributed by atoms with Gasteiger partial charge in [-0.25, -0.2) is 0 Å². The summed E-state index contributed by atoms with van der Waals surface area (Å²) in [4.78, 5) is 2.21. The number of fused-ring (bicyclic) bond motifs is 1. The first kappa shape index (κ1) is 14.2. The van der Waals surface area contributed by atoms with Crippen LogP contribution < -0.4 is 9.64 Å². The molecule has 0 aromatic heterocycles. The van der Waals surface area contributed by atoms with Crippen LogP contribution in [0.15, 0.2) is 42.5 Å². The summed E-state index contributed by atoms with van der Waals surface area (Å²) in [5.41, 5.74) is 2.96. The summed E-state index contributed by atoms with van der Waals surface area (Å²) in [6.45, 7) is 3.92. The number of rotatable bonds is 2. The van der Waals surface area contributed by atoms with E-state index in [4.69, 9.17) is 16.3 Å². The number of aliphatic hydroxyl groups is 1. The molecular weight excluding hydrogens is 286 g/mol. The Bertz CT molecular complexity index is 642. The van der Waals surface area contributed by atoms with Gasteiger partial charge in [0.1, 0.15) is 12.4 Å². The van der Waals surface area contributed by atoms with Crippen LogP contribution in [0.4, 0.5) is 5.69 Å². The van der Waals surface area contributed by atoms with Crippen molar-refractivity contribution >= 4 is 17.3 Å². The van der Waals surface area contributed by atoms with Crippen LogP contribution >= 0.6 is 11.6 Å². The molecule has 0 radical (unpaired) electrons.